The average Bonchev–Trinajstić information content (AvgIpc) is 3.41. The molecule has 30 heavy (non-hydrogen) atoms. The number of nitrogens with zero attached hydrogens (tertiary/aromatic N) is 1. The summed E-state index contributed by atoms with van der Waals surface area (Å²) < 4.78 is 8.12. The van der Waals surface area contributed by atoms with Gasteiger partial charge in [0.2, 0.25) is 0 Å². The van der Waals surface area contributed by atoms with Crippen LogP contribution < -0.4 is 10.1 Å². The average molecular weight is 395 g/mol. The van der Waals surface area contributed by atoms with E-state index in [9.17, 15) is 0 Å². The number of hydrogen-bond acceptors (Lipinski definition) is 2. The topological polar surface area (TPSA) is 26.2 Å². The van der Waals surface area contributed by atoms with Crippen LogP contribution in [0.5, 0.6) is 5.75 Å². The lowest BCUT2D eigenvalue weighted by Gasteiger charge is -2.38. The second-order valence-electron chi connectivity index (χ2n) is 8.44. The Labute approximate surface area is 177 Å². The minimum Gasteiger partial charge on any atom is -0.495 e. The van der Waals surface area contributed by atoms with Crippen molar-refractivity contribution in [1.29, 1.82) is 0 Å². The monoisotopic (exact) mass is 394 g/mol. The molecule has 0 amide bonds. The van der Waals surface area contributed by atoms with Crippen LogP contribution in [-0.2, 0) is 6.54 Å². The predicted molar refractivity (Wildman–Crippen MR) is 124 cm³/mol. The Hall–Kier alpha value is -3.20. The highest BCUT2D eigenvalue weighted by atomic mass is 16.5. The van der Waals surface area contributed by atoms with E-state index in [1.807, 2.05) is 0 Å². The predicted octanol–water partition coefficient (Wildman–Crippen LogP) is 6.65. The van der Waals surface area contributed by atoms with Crippen molar-refractivity contribution in [3.8, 4) is 5.75 Å². The first-order chi connectivity index (χ1) is 14.8. The maximum Gasteiger partial charge on any atom is 0.142 e. The number of benzene rings is 3. The number of methoxy groups -OCH3 is 1. The van der Waals surface area contributed by atoms with Gasteiger partial charge in [-0.05, 0) is 54.7 Å². The zero-order valence-electron chi connectivity index (χ0n) is 17.4. The fourth-order valence-corrected chi connectivity index (χ4v) is 5.70. The molecule has 0 saturated carbocycles. The molecule has 2 heterocycles. The fraction of sp³-hybridized carbons (Fsp3) is 0.259. The van der Waals surface area contributed by atoms with Gasteiger partial charge in [0.15, 0.2) is 0 Å². The molecule has 1 N–H and O–H groups in total. The van der Waals surface area contributed by atoms with E-state index in [4.69, 9.17) is 4.74 Å². The number of rotatable bonds is 3. The number of allylic oxidation sites excluding steroid dienone is 2. The van der Waals surface area contributed by atoms with E-state index in [-0.39, 0.29) is 6.04 Å². The van der Waals surface area contributed by atoms with Crippen LogP contribution in [0.3, 0.4) is 0 Å². The number of aromatic nitrogens is 1. The van der Waals surface area contributed by atoms with Gasteiger partial charge in [-0.2, -0.15) is 0 Å². The third kappa shape index (κ3) is 2.38. The van der Waals surface area contributed by atoms with Crippen molar-refractivity contribution in [2.75, 3.05) is 12.4 Å². The van der Waals surface area contributed by atoms with E-state index < -0.39 is 0 Å². The second-order valence-corrected chi connectivity index (χ2v) is 8.44. The van der Waals surface area contributed by atoms with Gasteiger partial charge >= 0.3 is 0 Å². The van der Waals surface area contributed by atoms with Gasteiger partial charge in [-0.15, -0.1) is 0 Å². The molecule has 1 aliphatic carbocycles. The molecular weight excluding hydrogens is 368 g/mol. The first-order valence-corrected chi connectivity index (χ1v) is 10.9. The standard InChI is InChI=1S/C27H26N2O/c1-3-29-23-12-5-4-8-19(23)22-16-17(14-15-24(22)29)26-20-10-6-9-18(20)21-11-7-13-25(30-2)27(21)28-26/h4-9,11-16,18,20,26,28H,3,10H2,1-2H3. The normalized spacial score (nSPS) is 22.1. The molecule has 0 spiro atoms. The zero-order chi connectivity index (χ0) is 20.2. The van der Waals surface area contributed by atoms with E-state index in [2.05, 4.69) is 89.6 Å². The summed E-state index contributed by atoms with van der Waals surface area (Å²) in [7, 11) is 1.76. The lowest BCUT2D eigenvalue weighted by atomic mass is 9.76. The number of aryl methyl sites for hydroxylation is 1. The Balaban J connectivity index is 1.53. The molecule has 6 rings (SSSR count). The van der Waals surface area contributed by atoms with Crippen molar-refractivity contribution in [1.82, 2.24) is 4.57 Å². The number of hydrogen-bond donors (Lipinski definition) is 1. The molecule has 3 nitrogen and oxygen atoms in total. The zero-order valence-corrected chi connectivity index (χ0v) is 17.4. The van der Waals surface area contributed by atoms with E-state index in [0.717, 1.165) is 24.4 Å². The molecule has 0 radical (unpaired) electrons. The maximum atomic E-state index is 5.70. The molecule has 3 aromatic carbocycles. The van der Waals surface area contributed by atoms with E-state index in [0.29, 0.717) is 11.8 Å². The van der Waals surface area contributed by atoms with Gasteiger partial charge in [-0.1, -0.05) is 48.6 Å². The molecule has 1 aliphatic heterocycles. The summed E-state index contributed by atoms with van der Waals surface area (Å²) in [5.41, 5.74) is 6.49. The molecule has 150 valence electrons. The molecular formula is C27H26N2O. The summed E-state index contributed by atoms with van der Waals surface area (Å²) in [4.78, 5) is 0. The second kappa shape index (κ2) is 6.66. The molecule has 2 aliphatic rings. The molecule has 3 heteroatoms. The quantitative estimate of drug-likeness (QED) is 0.394. The Morgan fingerprint density at radius 3 is 2.73 bits per heavy atom. The van der Waals surface area contributed by atoms with Crippen molar-refractivity contribution in [2.45, 2.75) is 31.8 Å². The molecule has 3 atom stereocenters. The Morgan fingerprint density at radius 1 is 1.00 bits per heavy atom. The molecule has 4 aromatic rings. The van der Waals surface area contributed by atoms with Gasteiger partial charge in [0.25, 0.3) is 0 Å². The summed E-state index contributed by atoms with van der Waals surface area (Å²) >= 11 is 0. The number of anilines is 1. The highest BCUT2D eigenvalue weighted by Gasteiger charge is 2.39. The van der Waals surface area contributed by atoms with Gasteiger partial charge in [-0.25, -0.2) is 0 Å². The Bertz CT molecular complexity index is 1300. The molecule has 0 bridgehead atoms. The van der Waals surface area contributed by atoms with Crippen LogP contribution in [0.1, 0.15) is 36.4 Å². The smallest absolute Gasteiger partial charge is 0.142 e. The molecule has 0 saturated heterocycles. The minimum atomic E-state index is 0.266. The lowest BCUT2D eigenvalue weighted by molar-refractivity contribution is 0.397. The molecule has 3 unspecified atom stereocenters. The van der Waals surface area contributed by atoms with Crippen LogP contribution in [0.2, 0.25) is 0 Å². The summed E-state index contributed by atoms with van der Waals surface area (Å²) in [5.74, 6) is 1.90. The minimum absolute atomic E-state index is 0.266. The van der Waals surface area contributed by atoms with Crippen molar-refractivity contribution in [2.24, 2.45) is 5.92 Å². The van der Waals surface area contributed by atoms with Crippen molar-refractivity contribution < 1.29 is 4.74 Å². The number of para-hydroxylation sites is 2. The Kier molecular flexibility index (Phi) is 3.92. The molecule has 1 aromatic heterocycles. The summed E-state index contributed by atoms with van der Waals surface area (Å²) in [5, 5.41) is 6.55. The van der Waals surface area contributed by atoms with E-state index >= 15 is 0 Å². The van der Waals surface area contributed by atoms with Crippen LogP contribution in [0.4, 0.5) is 5.69 Å². The summed E-state index contributed by atoms with van der Waals surface area (Å²) in [6.45, 7) is 3.20. The highest BCUT2D eigenvalue weighted by molar-refractivity contribution is 6.08. The van der Waals surface area contributed by atoms with Crippen LogP contribution in [0.15, 0.2) is 72.8 Å². The Morgan fingerprint density at radius 2 is 1.87 bits per heavy atom. The third-order valence-electron chi connectivity index (χ3n) is 7.05. The number of nitrogens with one attached hydrogen (secondary N) is 1. The van der Waals surface area contributed by atoms with Gasteiger partial charge in [-0.3, -0.25) is 0 Å². The van der Waals surface area contributed by atoms with Crippen LogP contribution in [-0.4, -0.2) is 11.7 Å². The largest absolute Gasteiger partial charge is 0.495 e. The van der Waals surface area contributed by atoms with E-state index in [1.54, 1.807) is 7.11 Å². The van der Waals surface area contributed by atoms with Crippen molar-refractivity contribution in [3.63, 3.8) is 0 Å². The van der Waals surface area contributed by atoms with Crippen LogP contribution in [0, 0.1) is 5.92 Å². The SMILES string of the molecule is CCn1c2ccccc2c2cc(C3Nc4c(OC)cccc4C4C=CCC43)ccc21. The lowest BCUT2D eigenvalue weighted by Crippen LogP contribution is -2.29. The van der Waals surface area contributed by atoms with Crippen LogP contribution >= 0.6 is 0 Å². The fourth-order valence-electron chi connectivity index (χ4n) is 5.70. The van der Waals surface area contributed by atoms with Gasteiger partial charge < -0.3 is 14.6 Å². The number of fused-ring (bicyclic) bond motifs is 6. The highest BCUT2D eigenvalue weighted by Crippen LogP contribution is 2.52. The first-order valence-electron chi connectivity index (χ1n) is 10.9. The summed E-state index contributed by atoms with van der Waals surface area (Å²) in [6.07, 6.45) is 5.84. The van der Waals surface area contributed by atoms with Gasteiger partial charge in [0, 0.05) is 34.3 Å². The van der Waals surface area contributed by atoms with Crippen LogP contribution in [0.25, 0.3) is 21.8 Å². The van der Waals surface area contributed by atoms with Gasteiger partial charge in [0.1, 0.15) is 5.75 Å². The maximum absolute atomic E-state index is 5.70. The van der Waals surface area contributed by atoms with E-state index in [1.165, 1.54) is 32.9 Å². The van der Waals surface area contributed by atoms with Gasteiger partial charge in [0.05, 0.1) is 18.8 Å². The molecule has 0 fully saturated rings. The number of ether oxygens (including phenoxy) is 1. The van der Waals surface area contributed by atoms with Crippen molar-refractivity contribution in [3.05, 3.63) is 83.9 Å². The third-order valence-corrected chi connectivity index (χ3v) is 7.05. The first kappa shape index (κ1) is 17.6. The summed E-state index contributed by atoms with van der Waals surface area (Å²) in [6, 6.07) is 22.5. The van der Waals surface area contributed by atoms with Crippen molar-refractivity contribution >= 4 is 27.5 Å².